The van der Waals surface area contributed by atoms with Gasteiger partial charge in [0.25, 0.3) is 0 Å². The minimum absolute atomic E-state index is 0.0298. The molecule has 2 fully saturated rings. The highest BCUT2D eigenvalue weighted by molar-refractivity contribution is 5.89. The van der Waals surface area contributed by atoms with E-state index in [1.165, 1.54) is 7.11 Å². The highest BCUT2D eigenvalue weighted by Gasteiger charge is 2.54. The number of carbonyl (C=O) groups is 2. The molecule has 30 heavy (non-hydrogen) atoms. The summed E-state index contributed by atoms with van der Waals surface area (Å²) < 4.78 is 23.4. The molecule has 1 amide bonds. The number of benzene rings is 1. The van der Waals surface area contributed by atoms with Crippen molar-refractivity contribution in [1.82, 2.24) is 4.90 Å². The topological polar surface area (TPSA) is 74.3 Å². The van der Waals surface area contributed by atoms with Crippen molar-refractivity contribution in [1.29, 1.82) is 0 Å². The van der Waals surface area contributed by atoms with E-state index >= 15 is 0 Å². The number of carbonyl (C=O) groups excluding carboxylic acids is 2. The maximum atomic E-state index is 12.8. The van der Waals surface area contributed by atoms with E-state index in [0.29, 0.717) is 12.1 Å². The number of methoxy groups -OCH3 is 1. The zero-order valence-corrected chi connectivity index (χ0v) is 18.6. The lowest BCUT2D eigenvalue weighted by molar-refractivity contribution is -0.161. The molecule has 7 heteroatoms. The summed E-state index contributed by atoms with van der Waals surface area (Å²) in [6.07, 6.45) is 0.958. The van der Waals surface area contributed by atoms with Crippen molar-refractivity contribution in [2.75, 3.05) is 13.7 Å². The number of nitrogens with zero attached hydrogens (tertiary/aromatic N) is 1. The molecule has 0 radical (unpaired) electrons. The lowest BCUT2D eigenvalue weighted by Crippen LogP contribution is -2.55. The van der Waals surface area contributed by atoms with E-state index in [-0.39, 0.29) is 36.2 Å². The monoisotopic (exact) mass is 417 g/mol. The van der Waals surface area contributed by atoms with E-state index in [2.05, 4.69) is 13.8 Å². The highest BCUT2D eigenvalue weighted by atomic mass is 16.6. The van der Waals surface area contributed by atoms with E-state index in [4.69, 9.17) is 18.9 Å². The number of rotatable bonds is 1. The molecule has 4 rings (SSSR count). The van der Waals surface area contributed by atoms with Crippen LogP contribution in [0.4, 0.5) is 4.79 Å². The Morgan fingerprint density at radius 3 is 2.63 bits per heavy atom. The molecule has 0 spiro atoms. The first-order valence-corrected chi connectivity index (χ1v) is 10.6. The fraction of sp³-hybridized carbons (Fsp3) is 0.652. The average molecular weight is 418 g/mol. The molecular weight excluding hydrogens is 386 g/mol. The molecule has 2 saturated heterocycles. The van der Waals surface area contributed by atoms with Gasteiger partial charge in [0.2, 0.25) is 0 Å². The average Bonchev–Trinajstić information content (AvgIpc) is 3.07. The molecule has 7 nitrogen and oxygen atoms in total. The van der Waals surface area contributed by atoms with Crippen LogP contribution in [0.3, 0.4) is 0 Å². The first-order chi connectivity index (χ1) is 14.0. The minimum atomic E-state index is -0.538. The van der Waals surface area contributed by atoms with Crippen molar-refractivity contribution in [3.63, 3.8) is 0 Å². The van der Waals surface area contributed by atoms with E-state index in [9.17, 15) is 9.59 Å². The zero-order chi connectivity index (χ0) is 21.8. The van der Waals surface area contributed by atoms with Crippen LogP contribution < -0.4 is 4.74 Å². The molecule has 3 aliphatic heterocycles. The molecule has 0 bridgehead atoms. The second kappa shape index (κ2) is 7.15. The van der Waals surface area contributed by atoms with Crippen LogP contribution in [-0.4, -0.2) is 54.0 Å². The fourth-order valence-corrected chi connectivity index (χ4v) is 4.88. The van der Waals surface area contributed by atoms with E-state index in [1.54, 1.807) is 6.07 Å². The standard InChI is InChI=1S/C23H31NO6/c1-22(2,3)30-21(26)24-10-9-18-16(24)12-15-19(28-18)14-11-13(20(25)27-6)7-8-17(14)29-23(15,4)5/h7-8,11,15-16,18-19H,9-10,12H2,1-6H3/t15-,16-,18-,19+/m0/s1. The second-order valence-corrected chi connectivity index (χ2v) is 9.92. The van der Waals surface area contributed by atoms with Gasteiger partial charge in [-0.2, -0.15) is 0 Å². The molecule has 0 aromatic heterocycles. The van der Waals surface area contributed by atoms with Crippen LogP contribution in [0, 0.1) is 5.92 Å². The van der Waals surface area contributed by atoms with Crippen LogP contribution in [0.5, 0.6) is 5.75 Å². The Hall–Kier alpha value is -2.28. The maximum Gasteiger partial charge on any atom is 0.410 e. The van der Waals surface area contributed by atoms with Gasteiger partial charge in [0, 0.05) is 18.0 Å². The SMILES string of the molecule is COC(=O)c1ccc2c(c1)[C@H]1O[C@H]3CCN(C(=O)OC(C)(C)C)[C@H]3C[C@@H]1C(C)(C)O2. The first kappa shape index (κ1) is 21.0. The second-order valence-electron chi connectivity index (χ2n) is 9.92. The highest BCUT2D eigenvalue weighted by Crippen LogP contribution is 2.53. The number of hydrogen-bond acceptors (Lipinski definition) is 6. The number of likely N-dealkylation sites (tertiary alicyclic amines) is 1. The van der Waals surface area contributed by atoms with Crippen molar-refractivity contribution < 1.29 is 28.5 Å². The summed E-state index contributed by atoms with van der Waals surface area (Å²) in [6, 6.07) is 5.30. The zero-order valence-electron chi connectivity index (χ0n) is 18.6. The third-order valence-corrected chi connectivity index (χ3v) is 6.30. The van der Waals surface area contributed by atoms with Crippen LogP contribution in [0.2, 0.25) is 0 Å². The van der Waals surface area contributed by atoms with Crippen molar-refractivity contribution >= 4 is 12.1 Å². The molecule has 0 aliphatic carbocycles. The molecule has 164 valence electrons. The van der Waals surface area contributed by atoms with Gasteiger partial charge in [-0.25, -0.2) is 9.59 Å². The number of ether oxygens (including phenoxy) is 4. The molecular formula is C23H31NO6. The van der Waals surface area contributed by atoms with Crippen molar-refractivity contribution in [3.8, 4) is 5.75 Å². The summed E-state index contributed by atoms with van der Waals surface area (Å²) >= 11 is 0. The summed E-state index contributed by atoms with van der Waals surface area (Å²) in [4.78, 5) is 26.6. The van der Waals surface area contributed by atoms with Crippen LogP contribution >= 0.6 is 0 Å². The van der Waals surface area contributed by atoms with Gasteiger partial charge in [-0.3, -0.25) is 0 Å². The van der Waals surface area contributed by atoms with Gasteiger partial charge in [-0.05, 0) is 65.7 Å². The lowest BCUT2D eigenvalue weighted by atomic mass is 9.73. The Morgan fingerprint density at radius 2 is 1.97 bits per heavy atom. The Labute approximate surface area is 177 Å². The quantitative estimate of drug-likeness (QED) is 0.641. The minimum Gasteiger partial charge on any atom is -0.487 e. The lowest BCUT2D eigenvalue weighted by Gasteiger charge is -2.50. The molecule has 3 aliphatic rings. The Morgan fingerprint density at radius 1 is 1.23 bits per heavy atom. The smallest absolute Gasteiger partial charge is 0.410 e. The predicted molar refractivity (Wildman–Crippen MR) is 110 cm³/mol. The molecule has 0 N–H and O–H groups in total. The molecule has 1 aromatic rings. The van der Waals surface area contributed by atoms with Gasteiger partial charge in [-0.1, -0.05) is 0 Å². The molecule has 1 aromatic carbocycles. The van der Waals surface area contributed by atoms with Gasteiger partial charge in [0.15, 0.2) is 0 Å². The van der Waals surface area contributed by atoms with E-state index in [1.807, 2.05) is 37.8 Å². The van der Waals surface area contributed by atoms with Crippen molar-refractivity contribution in [2.24, 2.45) is 5.92 Å². The molecule has 4 atom stereocenters. The summed E-state index contributed by atoms with van der Waals surface area (Å²) in [5.74, 6) is 0.376. The van der Waals surface area contributed by atoms with Gasteiger partial charge in [0.1, 0.15) is 17.0 Å². The van der Waals surface area contributed by atoms with Gasteiger partial charge in [-0.15, -0.1) is 0 Å². The number of amides is 1. The number of hydrogen-bond donors (Lipinski definition) is 0. The Bertz CT molecular complexity index is 858. The van der Waals surface area contributed by atoms with Crippen LogP contribution in [0.1, 0.15) is 69.5 Å². The van der Waals surface area contributed by atoms with Crippen LogP contribution in [-0.2, 0) is 14.2 Å². The summed E-state index contributed by atoms with van der Waals surface area (Å²) in [7, 11) is 1.37. The maximum absolute atomic E-state index is 12.8. The van der Waals surface area contributed by atoms with Crippen LogP contribution in [0.25, 0.3) is 0 Å². The van der Waals surface area contributed by atoms with Crippen molar-refractivity contribution in [3.05, 3.63) is 29.3 Å². The van der Waals surface area contributed by atoms with Gasteiger partial charge >= 0.3 is 12.1 Å². The van der Waals surface area contributed by atoms with E-state index in [0.717, 1.165) is 24.2 Å². The normalized spacial score (nSPS) is 29.2. The summed E-state index contributed by atoms with van der Waals surface area (Å²) in [5, 5.41) is 0. The summed E-state index contributed by atoms with van der Waals surface area (Å²) in [6.45, 7) is 10.3. The summed E-state index contributed by atoms with van der Waals surface area (Å²) in [5.41, 5.74) is 0.337. The van der Waals surface area contributed by atoms with Gasteiger partial charge in [0.05, 0.1) is 30.9 Å². The van der Waals surface area contributed by atoms with E-state index < -0.39 is 11.2 Å². The molecule has 0 saturated carbocycles. The third kappa shape index (κ3) is 3.64. The first-order valence-electron chi connectivity index (χ1n) is 10.6. The van der Waals surface area contributed by atoms with Gasteiger partial charge < -0.3 is 23.8 Å². The Kier molecular flexibility index (Phi) is 5.00. The molecule has 3 heterocycles. The largest absolute Gasteiger partial charge is 0.487 e. The van der Waals surface area contributed by atoms with Crippen molar-refractivity contribution in [2.45, 2.75) is 76.9 Å². The Balaban J connectivity index is 1.63. The fourth-order valence-electron chi connectivity index (χ4n) is 4.88. The third-order valence-electron chi connectivity index (χ3n) is 6.30. The molecule has 0 unspecified atom stereocenters. The number of fused-ring (bicyclic) bond motifs is 4. The van der Waals surface area contributed by atoms with Crippen LogP contribution in [0.15, 0.2) is 18.2 Å². The number of esters is 1. The predicted octanol–water partition coefficient (Wildman–Crippen LogP) is 4.10.